The van der Waals surface area contributed by atoms with Gasteiger partial charge in [-0.1, -0.05) is 6.92 Å². The summed E-state index contributed by atoms with van der Waals surface area (Å²) in [4.78, 5) is 0. The van der Waals surface area contributed by atoms with Crippen molar-refractivity contribution < 1.29 is 8.42 Å². The van der Waals surface area contributed by atoms with Gasteiger partial charge in [0.15, 0.2) is 0 Å². The van der Waals surface area contributed by atoms with E-state index in [1.165, 1.54) is 0 Å². The Kier molecular flexibility index (Phi) is 5.97. The van der Waals surface area contributed by atoms with Crippen LogP contribution in [0.5, 0.6) is 0 Å². The maximum atomic E-state index is 11.7. The molecule has 1 atom stereocenters. The quantitative estimate of drug-likeness (QED) is 0.784. The number of nitrogens with zero attached hydrogens (tertiary/aromatic N) is 1. The lowest BCUT2D eigenvalue weighted by atomic mass is 10.2. The monoisotopic (exact) mass is 242 g/mol. The van der Waals surface area contributed by atoms with Crippen molar-refractivity contribution >= 4 is 22.4 Å². The first kappa shape index (κ1) is 14.2. The van der Waals surface area contributed by atoms with Gasteiger partial charge in [-0.15, -0.1) is 12.4 Å². The van der Waals surface area contributed by atoms with Gasteiger partial charge < -0.3 is 5.73 Å². The summed E-state index contributed by atoms with van der Waals surface area (Å²) in [5.74, 6) is 0.253. The van der Waals surface area contributed by atoms with E-state index in [4.69, 9.17) is 5.73 Å². The van der Waals surface area contributed by atoms with Crippen molar-refractivity contribution in [2.45, 2.75) is 32.2 Å². The molecule has 0 aromatic heterocycles. The van der Waals surface area contributed by atoms with Gasteiger partial charge in [-0.25, -0.2) is 8.42 Å². The highest BCUT2D eigenvalue weighted by Crippen LogP contribution is 2.20. The predicted molar refractivity (Wildman–Crippen MR) is 60.1 cm³/mol. The number of hydrogen-bond acceptors (Lipinski definition) is 3. The van der Waals surface area contributed by atoms with Gasteiger partial charge in [-0.05, 0) is 19.3 Å². The van der Waals surface area contributed by atoms with Crippen LogP contribution in [0.2, 0.25) is 0 Å². The third-order valence-corrected chi connectivity index (χ3v) is 4.53. The maximum absolute atomic E-state index is 11.7. The maximum Gasteiger partial charge on any atom is 0.214 e. The molecule has 1 aliphatic heterocycles. The second-order valence-corrected chi connectivity index (χ2v) is 5.50. The molecule has 0 aromatic rings. The molecule has 1 aliphatic rings. The van der Waals surface area contributed by atoms with Gasteiger partial charge in [-0.2, -0.15) is 4.31 Å². The SMILES string of the molecule is CCCS(=O)(=O)N1CCCC1CN.Cl. The second-order valence-electron chi connectivity index (χ2n) is 3.46. The summed E-state index contributed by atoms with van der Waals surface area (Å²) in [6.45, 7) is 2.98. The summed E-state index contributed by atoms with van der Waals surface area (Å²) in [5, 5.41) is 0. The molecule has 0 amide bonds. The lowest BCUT2D eigenvalue weighted by molar-refractivity contribution is 0.393. The van der Waals surface area contributed by atoms with E-state index in [1.54, 1.807) is 4.31 Å². The Morgan fingerprint density at radius 3 is 2.64 bits per heavy atom. The summed E-state index contributed by atoms with van der Waals surface area (Å²) in [6.07, 6.45) is 2.54. The number of sulfonamides is 1. The van der Waals surface area contributed by atoms with Crippen LogP contribution in [0.1, 0.15) is 26.2 Å². The minimum Gasteiger partial charge on any atom is -0.329 e. The van der Waals surface area contributed by atoms with Gasteiger partial charge in [0.25, 0.3) is 0 Å². The van der Waals surface area contributed by atoms with Crippen LogP contribution >= 0.6 is 12.4 Å². The molecule has 1 heterocycles. The van der Waals surface area contributed by atoms with E-state index in [2.05, 4.69) is 0 Å². The summed E-state index contributed by atoms with van der Waals surface area (Å²) in [5.41, 5.74) is 5.51. The molecule has 1 rings (SSSR count). The van der Waals surface area contributed by atoms with Crippen LogP contribution < -0.4 is 5.73 Å². The lowest BCUT2D eigenvalue weighted by Crippen LogP contribution is -2.40. The van der Waals surface area contributed by atoms with Crippen molar-refractivity contribution in [2.24, 2.45) is 5.73 Å². The molecule has 6 heteroatoms. The smallest absolute Gasteiger partial charge is 0.214 e. The van der Waals surface area contributed by atoms with Gasteiger partial charge in [-0.3, -0.25) is 0 Å². The average Bonchev–Trinajstić information content (AvgIpc) is 2.51. The average molecular weight is 243 g/mol. The summed E-state index contributed by atoms with van der Waals surface area (Å²) in [7, 11) is -3.02. The van der Waals surface area contributed by atoms with Crippen molar-refractivity contribution in [1.29, 1.82) is 0 Å². The Hall–Kier alpha value is 0.160. The minimum atomic E-state index is -3.02. The lowest BCUT2D eigenvalue weighted by Gasteiger charge is -2.22. The standard InChI is InChI=1S/C8H18N2O2S.ClH/c1-2-6-13(11,12)10-5-3-4-8(10)7-9;/h8H,2-7,9H2,1H3;1H. The van der Waals surface area contributed by atoms with Crippen molar-refractivity contribution in [2.75, 3.05) is 18.8 Å². The van der Waals surface area contributed by atoms with E-state index in [0.717, 1.165) is 12.8 Å². The molecular formula is C8H19ClN2O2S. The van der Waals surface area contributed by atoms with Crippen LogP contribution in [0.15, 0.2) is 0 Å². The predicted octanol–water partition coefficient (Wildman–Crippen LogP) is 0.571. The Balaban J connectivity index is 0.00000169. The van der Waals surface area contributed by atoms with Gasteiger partial charge in [0.2, 0.25) is 10.0 Å². The van der Waals surface area contributed by atoms with E-state index >= 15 is 0 Å². The highest BCUT2D eigenvalue weighted by atomic mass is 35.5. The molecule has 1 saturated heterocycles. The zero-order valence-corrected chi connectivity index (χ0v) is 10.1. The highest BCUT2D eigenvalue weighted by molar-refractivity contribution is 7.89. The minimum absolute atomic E-state index is 0. The third-order valence-electron chi connectivity index (χ3n) is 2.41. The van der Waals surface area contributed by atoms with Crippen molar-refractivity contribution in [1.82, 2.24) is 4.31 Å². The molecule has 0 aromatic carbocycles. The summed E-state index contributed by atoms with van der Waals surface area (Å²) in [6, 6.07) is 0.0524. The Morgan fingerprint density at radius 2 is 2.14 bits per heavy atom. The molecule has 86 valence electrons. The molecule has 1 unspecified atom stereocenters. The third kappa shape index (κ3) is 3.08. The molecule has 0 bridgehead atoms. The fourth-order valence-corrected chi connectivity index (χ4v) is 3.59. The Bertz CT molecular complexity index is 256. The van der Waals surface area contributed by atoms with Crippen LogP contribution in [0.25, 0.3) is 0 Å². The van der Waals surface area contributed by atoms with Crippen molar-refractivity contribution in [3.8, 4) is 0 Å². The summed E-state index contributed by atoms with van der Waals surface area (Å²) >= 11 is 0. The first-order chi connectivity index (χ1) is 6.11. The van der Waals surface area contributed by atoms with E-state index < -0.39 is 10.0 Å². The zero-order chi connectivity index (χ0) is 9.90. The first-order valence-corrected chi connectivity index (χ1v) is 6.42. The Morgan fingerprint density at radius 1 is 1.50 bits per heavy atom. The highest BCUT2D eigenvalue weighted by Gasteiger charge is 2.32. The van der Waals surface area contributed by atoms with Crippen LogP contribution in [-0.4, -0.2) is 37.6 Å². The van der Waals surface area contributed by atoms with Crippen LogP contribution in [0.3, 0.4) is 0 Å². The Labute approximate surface area is 92.3 Å². The van der Waals surface area contributed by atoms with E-state index in [9.17, 15) is 8.42 Å². The van der Waals surface area contributed by atoms with Gasteiger partial charge in [0, 0.05) is 19.1 Å². The van der Waals surface area contributed by atoms with E-state index in [-0.39, 0.29) is 24.2 Å². The summed E-state index contributed by atoms with van der Waals surface area (Å²) < 4.78 is 24.9. The molecule has 0 spiro atoms. The van der Waals surface area contributed by atoms with E-state index in [1.807, 2.05) is 6.92 Å². The molecular weight excluding hydrogens is 224 g/mol. The molecule has 0 radical (unpaired) electrons. The van der Waals surface area contributed by atoms with Crippen molar-refractivity contribution in [3.05, 3.63) is 0 Å². The molecule has 0 aliphatic carbocycles. The number of hydrogen-bond donors (Lipinski definition) is 1. The fraction of sp³-hybridized carbons (Fsp3) is 1.00. The number of nitrogens with two attached hydrogens (primary N) is 1. The van der Waals surface area contributed by atoms with Gasteiger partial charge >= 0.3 is 0 Å². The second kappa shape index (κ2) is 5.90. The number of halogens is 1. The first-order valence-electron chi connectivity index (χ1n) is 4.81. The van der Waals surface area contributed by atoms with Crippen LogP contribution in [-0.2, 0) is 10.0 Å². The van der Waals surface area contributed by atoms with Crippen molar-refractivity contribution in [3.63, 3.8) is 0 Å². The van der Waals surface area contributed by atoms with Gasteiger partial charge in [0.1, 0.15) is 0 Å². The molecule has 14 heavy (non-hydrogen) atoms. The molecule has 4 nitrogen and oxygen atoms in total. The molecule has 1 fully saturated rings. The molecule has 0 saturated carbocycles. The topological polar surface area (TPSA) is 63.4 Å². The van der Waals surface area contributed by atoms with Crippen LogP contribution in [0.4, 0.5) is 0 Å². The zero-order valence-electron chi connectivity index (χ0n) is 8.48. The fourth-order valence-electron chi connectivity index (χ4n) is 1.79. The largest absolute Gasteiger partial charge is 0.329 e. The van der Waals surface area contributed by atoms with Crippen LogP contribution in [0, 0.1) is 0 Å². The normalized spacial score (nSPS) is 23.4. The molecule has 2 N–H and O–H groups in total. The van der Waals surface area contributed by atoms with E-state index in [0.29, 0.717) is 19.5 Å². The van der Waals surface area contributed by atoms with Gasteiger partial charge in [0.05, 0.1) is 5.75 Å². The number of rotatable bonds is 4.